The minimum absolute atomic E-state index is 0.0474. The van der Waals surface area contributed by atoms with Gasteiger partial charge in [-0.15, -0.1) is 0 Å². The Morgan fingerprint density at radius 3 is 2.61 bits per heavy atom. The van der Waals surface area contributed by atoms with Crippen molar-refractivity contribution in [1.82, 2.24) is 0 Å². The van der Waals surface area contributed by atoms with Crippen LogP contribution in [0.3, 0.4) is 0 Å². The van der Waals surface area contributed by atoms with Crippen LogP contribution in [0.1, 0.15) is 58.3 Å². The van der Waals surface area contributed by atoms with Crippen molar-refractivity contribution in [1.29, 1.82) is 0 Å². The molecule has 0 bridgehead atoms. The summed E-state index contributed by atoms with van der Waals surface area (Å²) in [6.07, 6.45) is 6.12. The molecule has 1 saturated heterocycles. The van der Waals surface area contributed by atoms with Crippen molar-refractivity contribution in [2.75, 3.05) is 14.2 Å². The van der Waals surface area contributed by atoms with Crippen LogP contribution < -0.4 is 0 Å². The number of methoxy groups -OCH3 is 2. The zero-order chi connectivity index (χ0) is 23.0. The van der Waals surface area contributed by atoms with Gasteiger partial charge < -0.3 is 19.3 Å². The number of aliphatic hydroxyl groups is 1. The van der Waals surface area contributed by atoms with Gasteiger partial charge in [-0.2, -0.15) is 0 Å². The summed E-state index contributed by atoms with van der Waals surface area (Å²) in [6, 6.07) is 0. The van der Waals surface area contributed by atoms with Crippen LogP contribution in [0.5, 0.6) is 0 Å². The van der Waals surface area contributed by atoms with Crippen LogP contribution in [0.2, 0.25) is 0 Å². The second-order valence-corrected chi connectivity index (χ2v) is 10.2. The van der Waals surface area contributed by atoms with Gasteiger partial charge in [0.15, 0.2) is 0 Å². The molecule has 0 spiro atoms. The van der Waals surface area contributed by atoms with Crippen molar-refractivity contribution in [2.45, 2.75) is 86.7 Å². The van der Waals surface area contributed by atoms with Crippen LogP contribution >= 0.6 is 22.6 Å². The molecule has 1 aliphatic carbocycles. The van der Waals surface area contributed by atoms with Gasteiger partial charge in [-0.1, -0.05) is 54.5 Å². The number of alkyl halides is 2. The second-order valence-electron chi connectivity index (χ2n) is 8.57. The summed E-state index contributed by atoms with van der Waals surface area (Å²) >= 11 is 2.37. The molecule has 1 aliphatic heterocycles. The van der Waals surface area contributed by atoms with E-state index in [0.29, 0.717) is 19.3 Å². The van der Waals surface area contributed by atoms with Gasteiger partial charge in [0.2, 0.25) is 0 Å². The number of hydrogen-bond acceptors (Lipinski definition) is 6. The Labute approximate surface area is 198 Å². The molecule has 0 amide bonds. The zero-order valence-corrected chi connectivity index (χ0v) is 20.8. The predicted molar refractivity (Wildman–Crippen MR) is 124 cm³/mol. The van der Waals surface area contributed by atoms with E-state index in [4.69, 9.17) is 14.2 Å². The Morgan fingerprint density at radius 2 is 1.97 bits per heavy atom. The fraction of sp³-hybridized carbons (Fsp3) is 0.826. The minimum atomic E-state index is -1.30. The smallest absolute Gasteiger partial charge is 0.309 e. The number of esters is 2. The number of hydrogen-bond donors (Lipinski definition) is 1. The molecular weight excluding hydrogens is 518 g/mol. The highest BCUT2D eigenvalue weighted by atomic mass is 127. The molecule has 2 fully saturated rings. The number of carbonyl (C=O) groups is 2. The Kier molecular flexibility index (Phi) is 11.2. The summed E-state index contributed by atoms with van der Waals surface area (Å²) in [5.41, 5.74) is 0. The first-order valence-corrected chi connectivity index (χ1v) is 12.5. The van der Waals surface area contributed by atoms with E-state index in [2.05, 4.69) is 22.6 Å². The second kappa shape index (κ2) is 13.1. The van der Waals surface area contributed by atoms with Crippen molar-refractivity contribution in [3.8, 4) is 0 Å². The van der Waals surface area contributed by atoms with Crippen LogP contribution in [0.4, 0.5) is 4.39 Å². The van der Waals surface area contributed by atoms with Crippen LogP contribution in [0.15, 0.2) is 12.2 Å². The average Bonchev–Trinajstić information content (AvgIpc) is 3.33. The van der Waals surface area contributed by atoms with E-state index in [9.17, 15) is 19.1 Å². The van der Waals surface area contributed by atoms with Crippen LogP contribution in [0.25, 0.3) is 0 Å². The highest BCUT2D eigenvalue weighted by Crippen LogP contribution is 2.49. The molecule has 0 radical (unpaired) electrons. The quantitative estimate of drug-likeness (QED) is 0.169. The summed E-state index contributed by atoms with van der Waals surface area (Å²) in [6.45, 7) is 1.99. The Balaban J connectivity index is 1.99. The maximum atomic E-state index is 14.2. The number of unbranched alkanes of at least 4 members (excludes halogenated alkanes) is 1. The largest absolute Gasteiger partial charge is 0.469 e. The third-order valence-electron chi connectivity index (χ3n) is 6.51. The molecular formula is C23H36FIO6. The van der Waals surface area contributed by atoms with Crippen molar-refractivity contribution < 1.29 is 33.3 Å². The van der Waals surface area contributed by atoms with E-state index in [1.807, 2.05) is 6.92 Å². The fourth-order valence-electron chi connectivity index (χ4n) is 4.72. The lowest BCUT2D eigenvalue weighted by atomic mass is 9.85. The lowest BCUT2D eigenvalue weighted by Gasteiger charge is -2.22. The molecule has 178 valence electrons. The van der Waals surface area contributed by atoms with Gasteiger partial charge in [-0.3, -0.25) is 9.59 Å². The Morgan fingerprint density at radius 1 is 1.23 bits per heavy atom. The van der Waals surface area contributed by atoms with E-state index in [1.54, 1.807) is 6.08 Å². The predicted octanol–water partition coefficient (Wildman–Crippen LogP) is 4.16. The van der Waals surface area contributed by atoms with Gasteiger partial charge in [-0.25, -0.2) is 4.39 Å². The molecule has 0 aromatic carbocycles. The van der Waals surface area contributed by atoms with E-state index < -0.39 is 12.3 Å². The first-order chi connectivity index (χ1) is 14.8. The Bertz CT molecular complexity index is 615. The van der Waals surface area contributed by atoms with Crippen LogP contribution in [-0.4, -0.2) is 59.7 Å². The van der Waals surface area contributed by atoms with Crippen molar-refractivity contribution in [3.63, 3.8) is 0 Å². The molecule has 1 saturated carbocycles. The number of ether oxygens (including phenoxy) is 3. The average molecular weight is 554 g/mol. The van der Waals surface area contributed by atoms with Gasteiger partial charge in [0.05, 0.1) is 32.3 Å². The molecule has 0 unspecified atom stereocenters. The molecule has 1 N–H and O–H groups in total. The molecule has 0 aromatic heterocycles. The Hall–Kier alpha value is -0.740. The van der Waals surface area contributed by atoms with Gasteiger partial charge in [0.1, 0.15) is 12.3 Å². The molecule has 2 rings (SSSR count). The van der Waals surface area contributed by atoms with Crippen molar-refractivity contribution >= 4 is 34.5 Å². The molecule has 6 nitrogen and oxygen atoms in total. The van der Waals surface area contributed by atoms with Gasteiger partial charge >= 0.3 is 11.9 Å². The van der Waals surface area contributed by atoms with E-state index in [0.717, 1.165) is 32.1 Å². The maximum Gasteiger partial charge on any atom is 0.309 e. The van der Waals surface area contributed by atoms with Crippen LogP contribution in [-0.2, 0) is 23.8 Å². The number of fused-ring (bicyclic) bond motifs is 1. The van der Waals surface area contributed by atoms with Gasteiger partial charge in [-0.05, 0) is 43.9 Å². The van der Waals surface area contributed by atoms with Gasteiger partial charge in [0, 0.05) is 10.3 Å². The normalized spacial score (nSPS) is 30.7. The van der Waals surface area contributed by atoms with Gasteiger partial charge in [0.25, 0.3) is 0 Å². The number of carbonyl (C=O) groups excluding carboxylic acids is 2. The molecule has 0 aromatic rings. The minimum Gasteiger partial charge on any atom is -0.469 e. The number of allylic oxidation sites excluding steroid dienone is 1. The first-order valence-electron chi connectivity index (χ1n) is 11.3. The van der Waals surface area contributed by atoms with Crippen LogP contribution in [0, 0.1) is 17.8 Å². The molecule has 1 heterocycles. The van der Waals surface area contributed by atoms with E-state index >= 15 is 0 Å². The summed E-state index contributed by atoms with van der Waals surface area (Å²) in [7, 11) is 2.77. The highest BCUT2D eigenvalue weighted by Gasteiger charge is 2.52. The number of halogens is 2. The van der Waals surface area contributed by atoms with E-state index in [-0.39, 0.29) is 45.8 Å². The SMILES string of the molecule is CCCC[C@@H](F)[C@H](O)C=C[C@@H]1[C@H]2C[C@H]([C@H](I)CCCC(=O)OC)O[C@H]2C[C@H]1C(=O)OC. The monoisotopic (exact) mass is 554 g/mol. The summed E-state index contributed by atoms with van der Waals surface area (Å²) in [5.74, 6) is -0.850. The molecule has 31 heavy (non-hydrogen) atoms. The topological polar surface area (TPSA) is 82.1 Å². The zero-order valence-electron chi connectivity index (χ0n) is 18.7. The third-order valence-corrected chi connectivity index (χ3v) is 7.93. The summed E-state index contributed by atoms with van der Waals surface area (Å²) < 4.78 is 30.4. The lowest BCUT2D eigenvalue weighted by molar-refractivity contribution is -0.146. The number of aliphatic hydroxyl groups excluding tert-OH is 1. The summed E-state index contributed by atoms with van der Waals surface area (Å²) in [5, 5.41) is 10.2. The van der Waals surface area contributed by atoms with E-state index in [1.165, 1.54) is 20.3 Å². The molecule has 8 heteroatoms. The standard InChI is InChI=1S/C23H36FIO6/c1-4-5-7-17(24)19(26)11-10-14-15-12-21(18(25)8-6-9-22(27)29-2)31-20(15)13-16(14)23(28)30-3/h10-11,14-21,26H,4-9,12-13H2,1-3H3/t14-,15-,16-,17-,18-,19-,20+,21-/m1/s1. The summed E-state index contributed by atoms with van der Waals surface area (Å²) in [4.78, 5) is 23.7. The lowest BCUT2D eigenvalue weighted by Crippen LogP contribution is -2.27. The molecule has 8 atom stereocenters. The molecule has 2 aliphatic rings. The maximum absolute atomic E-state index is 14.2. The fourth-order valence-corrected chi connectivity index (χ4v) is 5.62. The highest BCUT2D eigenvalue weighted by molar-refractivity contribution is 14.1. The number of rotatable bonds is 12. The third kappa shape index (κ3) is 7.39. The van der Waals surface area contributed by atoms with Crippen molar-refractivity contribution in [2.24, 2.45) is 17.8 Å². The first kappa shape index (κ1) is 26.5. The van der Waals surface area contributed by atoms with Crippen molar-refractivity contribution in [3.05, 3.63) is 12.2 Å².